The number of nitrogens with two attached hydrogens (primary N) is 1. The van der Waals surface area contributed by atoms with Crippen molar-refractivity contribution >= 4 is 60.7 Å². The van der Waals surface area contributed by atoms with Gasteiger partial charge in [-0.15, -0.1) is 11.3 Å². The van der Waals surface area contributed by atoms with Gasteiger partial charge in [0.2, 0.25) is 5.91 Å². The second-order valence-corrected chi connectivity index (χ2v) is 14.0. The molecule has 4 atom stereocenters. The van der Waals surface area contributed by atoms with Crippen LogP contribution in [-0.4, -0.2) is 87.7 Å². The molecule has 0 bridgehead atoms. The molecule has 1 aromatic carbocycles. The minimum absolute atomic E-state index is 0.0772. The van der Waals surface area contributed by atoms with Gasteiger partial charge in [0.1, 0.15) is 41.0 Å². The average molecular weight is 679 g/mol. The van der Waals surface area contributed by atoms with Crippen molar-refractivity contribution in [2.24, 2.45) is 0 Å². The van der Waals surface area contributed by atoms with Crippen molar-refractivity contribution in [2.75, 3.05) is 43.9 Å². The molecule has 3 saturated heterocycles. The topological polar surface area (TPSA) is 125 Å². The first kappa shape index (κ1) is 31.5. The molecule has 14 heteroatoms. The molecule has 0 unspecified atom stereocenters. The van der Waals surface area contributed by atoms with Crippen molar-refractivity contribution < 1.29 is 18.3 Å². The first-order valence-corrected chi connectivity index (χ1v) is 16.7. The average Bonchev–Trinajstić information content (AvgIpc) is 3.80. The Labute approximate surface area is 279 Å². The summed E-state index contributed by atoms with van der Waals surface area (Å²) in [6.07, 6.45) is 4.88. The number of carbonyl (C=O) groups excluding carboxylic acids is 1. The minimum atomic E-state index is -0.914. The van der Waals surface area contributed by atoms with E-state index in [1.54, 1.807) is 11.1 Å². The number of likely N-dealkylation sites (tertiary alicyclic amines) is 1. The molecule has 2 N–H and O–H groups in total. The number of carbonyl (C=O) groups is 1. The summed E-state index contributed by atoms with van der Waals surface area (Å²) >= 11 is 8.11. The lowest BCUT2D eigenvalue weighted by Crippen LogP contribution is -2.44. The van der Waals surface area contributed by atoms with Crippen molar-refractivity contribution in [3.8, 4) is 23.3 Å². The number of alkyl halides is 1. The zero-order valence-electron chi connectivity index (χ0n) is 26.0. The zero-order valence-corrected chi connectivity index (χ0v) is 27.5. The van der Waals surface area contributed by atoms with Crippen molar-refractivity contribution in [2.45, 2.75) is 56.4 Å². The second kappa shape index (κ2) is 11.8. The van der Waals surface area contributed by atoms with Crippen LogP contribution in [0.25, 0.3) is 32.2 Å². The number of rotatable bonds is 7. The summed E-state index contributed by atoms with van der Waals surface area (Å²) in [4.78, 5) is 32.8. The molecular weight excluding hydrogens is 646 g/mol. The summed E-state index contributed by atoms with van der Waals surface area (Å²) in [5.74, 6) is -0.134. The lowest BCUT2D eigenvalue weighted by molar-refractivity contribution is -0.126. The number of fused-ring (bicyclic) bond motifs is 3. The predicted molar refractivity (Wildman–Crippen MR) is 179 cm³/mol. The number of benzene rings is 1. The van der Waals surface area contributed by atoms with Gasteiger partial charge in [-0.05, 0) is 50.9 Å². The van der Waals surface area contributed by atoms with E-state index in [0.29, 0.717) is 59.3 Å². The predicted octanol–water partition coefficient (Wildman–Crippen LogP) is 5.72. The zero-order chi connectivity index (χ0) is 33.2. The van der Waals surface area contributed by atoms with Crippen molar-refractivity contribution in [3.05, 3.63) is 47.4 Å². The molecule has 1 amide bonds. The van der Waals surface area contributed by atoms with Crippen LogP contribution in [-0.2, 0) is 4.79 Å². The molecule has 3 aliphatic heterocycles. The maximum atomic E-state index is 14.9. The SMILES string of the molecule is C=CC(=O)N1CC[C@@H](N(C)c2nc(OC[C@@]34CCCN3C[C@H](F)C4)nc3c(Cl)c(-c4ccc(F)c5sc(N)c(C#N)c45)ncc23)[C@@H]1C. The number of nitriles is 1. The third kappa shape index (κ3) is 5.05. The molecule has 3 aliphatic rings. The molecule has 0 saturated carbocycles. The van der Waals surface area contributed by atoms with E-state index in [2.05, 4.69) is 17.5 Å². The smallest absolute Gasteiger partial charge is 0.319 e. The largest absolute Gasteiger partial charge is 0.461 e. The monoisotopic (exact) mass is 678 g/mol. The Morgan fingerprint density at radius 2 is 2.19 bits per heavy atom. The van der Waals surface area contributed by atoms with E-state index in [0.717, 1.165) is 30.7 Å². The number of pyridine rings is 1. The van der Waals surface area contributed by atoms with Crippen LogP contribution in [0, 0.1) is 17.1 Å². The maximum Gasteiger partial charge on any atom is 0.319 e. The summed E-state index contributed by atoms with van der Waals surface area (Å²) in [6, 6.07) is 4.76. The van der Waals surface area contributed by atoms with Crippen LogP contribution in [0.3, 0.4) is 0 Å². The van der Waals surface area contributed by atoms with Crippen molar-refractivity contribution in [1.29, 1.82) is 5.26 Å². The number of aromatic nitrogens is 3. The molecule has 3 fully saturated rings. The number of halogens is 3. The molecular formula is C33H33ClF2N8O2S. The number of nitrogens with zero attached hydrogens (tertiary/aromatic N) is 7. The van der Waals surface area contributed by atoms with Gasteiger partial charge < -0.3 is 20.3 Å². The molecule has 47 heavy (non-hydrogen) atoms. The van der Waals surface area contributed by atoms with E-state index in [1.807, 2.05) is 18.9 Å². The van der Waals surface area contributed by atoms with E-state index in [1.165, 1.54) is 18.2 Å². The fraction of sp³-hybridized carbons (Fsp3) is 0.424. The van der Waals surface area contributed by atoms with Gasteiger partial charge in [0.05, 0.1) is 37.9 Å². The van der Waals surface area contributed by atoms with Gasteiger partial charge in [-0.2, -0.15) is 15.2 Å². The quantitative estimate of drug-likeness (QED) is 0.245. The van der Waals surface area contributed by atoms with Crippen LogP contribution < -0.4 is 15.4 Å². The van der Waals surface area contributed by atoms with Gasteiger partial charge in [0.25, 0.3) is 0 Å². The Kier molecular flexibility index (Phi) is 7.93. The standard InChI is InChI=1S/C33H33ClF2N8O2S/c1-4-24(45)44-11-8-23(17(44)2)42(3)31-21-14-39-27(19-6-7-22(36)29-25(19)20(13-37)30(38)47-29)26(34)28(21)40-32(41-31)46-16-33-9-5-10-43(33)15-18(35)12-33/h4,6-7,14,17-18,23H,1,5,8-12,15-16,38H2,2-3H3/t17-,18+,23+,33-/m0/s1. The van der Waals surface area contributed by atoms with Crippen molar-refractivity contribution in [3.63, 3.8) is 0 Å². The third-order valence-corrected chi connectivity index (χ3v) is 11.4. The fourth-order valence-corrected chi connectivity index (χ4v) is 8.96. The highest BCUT2D eigenvalue weighted by Crippen LogP contribution is 2.45. The summed E-state index contributed by atoms with van der Waals surface area (Å²) in [5, 5.41) is 11.1. The second-order valence-electron chi connectivity index (χ2n) is 12.6. The Balaban J connectivity index is 1.35. The van der Waals surface area contributed by atoms with Gasteiger partial charge in [-0.25, -0.2) is 8.78 Å². The lowest BCUT2D eigenvalue weighted by Gasteiger charge is -2.33. The Hall–Kier alpha value is -4.12. The summed E-state index contributed by atoms with van der Waals surface area (Å²) in [6.45, 7) is 7.62. The van der Waals surface area contributed by atoms with Gasteiger partial charge in [-0.3, -0.25) is 14.7 Å². The fourth-order valence-electron chi connectivity index (χ4n) is 7.71. The Morgan fingerprint density at radius 3 is 2.96 bits per heavy atom. The van der Waals surface area contributed by atoms with Crippen molar-refractivity contribution in [1.82, 2.24) is 24.8 Å². The highest BCUT2D eigenvalue weighted by atomic mass is 35.5. The lowest BCUT2D eigenvalue weighted by atomic mass is 9.95. The number of nitrogen functional groups attached to an aromatic ring is 1. The first-order valence-electron chi connectivity index (χ1n) is 15.5. The van der Waals surface area contributed by atoms with E-state index in [4.69, 9.17) is 37.0 Å². The molecule has 0 aliphatic carbocycles. The first-order chi connectivity index (χ1) is 22.6. The van der Waals surface area contributed by atoms with E-state index < -0.39 is 17.5 Å². The van der Waals surface area contributed by atoms with Crippen LogP contribution in [0.5, 0.6) is 6.01 Å². The minimum Gasteiger partial charge on any atom is -0.461 e. The van der Waals surface area contributed by atoms with E-state index >= 15 is 0 Å². The third-order valence-electron chi connectivity index (χ3n) is 10.1. The van der Waals surface area contributed by atoms with E-state index in [-0.39, 0.29) is 50.9 Å². The van der Waals surface area contributed by atoms with Gasteiger partial charge in [-0.1, -0.05) is 18.2 Å². The molecule has 244 valence electrons. The molecule has 7 rings (SSSR count). The van der Waals surface area contributed by atoms with Crippen LogP contribution >= 0.6 is 22.9 Å². The molecule has 6 heterocycles. The number of amides is 1. The van der Waals surface area contributed by atoms with Crippen LogP contribution in [0.2, 0.25) is 5.02 Å². The highest BCUT2D eigenvalue weighted by molar-refractivity contribution is 7.23. The number of hydrogen-bond acceptors (Lipinski definition) is 10. The normalized spacial score (nSPS) is 24.2. The molecule has 0 radical (unpaired) electrons. The van der Waals surface area contributed by atoms with Crippen LogP contribution in [0.4, 0.5) is 19.6 Å². The number of likely N-dealkylation sites (N-methyl/N-ethyl adjacent to an activating group) is 1. The highest BCUT2D eigenvalue weighted by Gasteiger charge is 2.49. The molecule has 4 aromatic rings. The van der Waals surface area contributed by atoms with Gasteiger partial charge in [0, 0.05) is 49.7 Å². The van der Waals surface area contributed by atoms with Gasteiger partial charge in [0.15, 0.2) is 0 Å². The number of anilines is 2. The molecule has 10 nitrogen and oxygen atoms in total. The van der Waals surface area contributed by atoms with Crippen LogP contribution in [0.15, 0.2) is 31.0 Å². The van der Waals surface area contributed by atoms with E-state index in [9.17, 15) is 18.8 Å². The Morgan fingerprint density at radius 1 is 1.38 bits per heavy atom. The number of ether oxygens (including phenoxy) is 1. The maximum absolute atomic E-state index is 14.9. The molecule has 0 spiro atoms. The number of hydrogen-bond donors (Lipinski definition) is 1. The summed E-state index contributed by atoms with van der Waals surface area (Å²) < 4.78 is 35.9. The Bertz CT molecular complexity index is 1980. The number of thiophene rings is 1. The molecule has 3 aromatic heterocycles. The van der Waals surface area contributed by atoms with Gasteiger partial charge >= 0.3 is 6.01 Å². The summed E-state index contributed by atoms with van der Waals surface area (Å²) in [5.41, 5.74) is 6.92. The van der Waals surface area contributed by atoms with Crippen LogP contribution in [0.1, 0.15) is 38.2 Å². The summed E-state index contributed by atoms with van der Waals surface area (Å²) in [7, 11) is 1.90.